The lowest BCUT2D eigenvalue weighted by Gasteiger charge is -2.44. The average molecular weight is 602 g/mol. The van der Waals surface area contributed by atoms with Crippen molar-refractivity contribution in [1.29, 1.82) is 0 Å². The molecule has 1 heterocycles. The van der Waals surface area contributed by atoms with Crippen molar-refractivity contribution < 1.29 is 52.3 Å². The van der Waals surface area contributed by atoms with Crippen LogP contribution in [0.5, 0.6) is 5.75 Å². The Morgan fingerprint density at radius 1 is 0.791 bits per heavy atom. The molecule has 12 nitrogen and oxygen atoms in total. The van der Waals surface area contributed by atoms with E-state index >= 15 is 0 Å². The first kappa shape index (κ1) is 33.5. The number of esters is 3. The van der Waals surface area contributed by atoms with E-state index < -0.39 is 48.6 Å². The Labute approximate surface area is 250 Å². The number of amides is 1. The fourth-order valence-electron chi connectivity index (χ4n) is 4.49. The first-order valence-electron chi connectivity index (χ1n) is 13.9. The van der Waals surface area contributed by atoms with Crippen LogP contribution in [0.15, 0.2) is 54.6 Å². The van der Waals surface area contributed by atoms with E-state index in [1.54, 1.807) is 19.2 Å². The van der Waals surface area contributed by atoms with Crippen LogP contribution < -0.4 is 10.1 Å². The lowest BCUT2D eigenvalue weighted by Crippen LogP contribution is -2.62. The molecule has 2 aromatic rings. The largest absolute Gasteiger partial charge is 0.497 e. The van der Waals surface area contributed by atoms with Crippen LogP contribution in [-0.4, -0.2) is 75.3 Å². The molecule has 0 spiro atoms. The average Bonchev–Trinajstić information content (AvgIpc) is 2.99. The second-order valence-electron chi connectivity index (χ2n) is 9.86. The molecule has 1 aliphatic heterocycles. The molecule has 1 aliphatic rings. The fraction of sp³-hybridized carbons (Fsp3) is 0.484. The fourth-order valence-corrected chi connectivity index (χ4v) is 4.49. The van der Waals surface area contributed by atoms with Gasteiger partial charge in [0.2, 0.25) is 5.91 Å². The summed E-state index contributed by atoms with van der Waals surface area (Å²) in [5, 5.41) is 2.81. The number of benzene rings is 2. The molecule has 43 heavy (non-hydrogen) atoms. The monoisotopic (exact) mass is 601 g/mol. The summed E-state index contributed by atoms with van der Waals surface area (Å²) >= 11 is 0. The van der Waals surface area contributed by atoms with Crippen LogP contribution in [0.1, 0.15) is 44.2 Å². The number of hydrogen-bond acceptors (Lipinski definition) is 11. The van der Waals surface area contributed by atoms with E-state index in [1.807, 2.05) is 42.5 Å². The number of ether oxygens (including phenoxy) is 7. The van der Waals surface area contributed by atoms with E-state index in [4.69, 9.17) is 33.2 Å². The summed E-state index contributed by atoms with van der Waals surface area (Å²) in [7, 11) is 2.92. The summed E-state index contributed by atoms with van der Waals surface area (Å²) in [5.41, 5.74) is 1.81. The normalized spacial score (nSPS) is 21.3. The van der Waals surface area contributed by atoms with Gasteiger partial charge in [-0.15, -0.1) is 0 Å². The standard InChI is InChI=1S/C31H39NO11/c1-20(33)40-29-28(43-27(36)12-8-11-26(35)32-17-22-9-6-5-7-10-22)25(42-31(38-4)30(29)41-21(2)34)19-39-18-23-13-15-24(37-3)16-14-23/h5-7,9-10,13-16,25,28-31H,8,11-12,17-19H2,1-4H3,(H,32,35)/t25-,28-,29+,30-,31+/m1/s1. The quantitative estimate of drug-likeness (QED) is 0.238. The van der Waals surface area contributed by atoms with E-state index in [-0.39, 0.29) is 38.4 Å². The number of methoxy groups -OCH3 is 2. The molecule has 1 N–H and O–H groups in total. The van der Waals surface area contributed by atoms with E-state index in [9.17, 15) is 19.2 Å². The number of nitrogens with one attached hydrogen (secondary N) is 1. The highest BCUT2D eigenvalue weighted by Gasteiger charge is 2.52. The topological polar surface area (TPSA) is 145 Å². The van der Waals surface area contributed by atoms with Gasteiger partial charge in [0, 0.05) is 40.3 Å². The lowest BCUT2D eigenvalue weighted by molar-refractivity contribution is -0.304. The smallest absolute Gasteiger partial charge is 0.306 e. The van der Waals surface area contributed by atoms with Crippen molar-refractivity contribution in [2.45, 2.75) is 77.0 Å². The van der Waals surface area contributed by atoms with Crippen molar-refractivity contribution in [3.8, 4) is 5.75 Å². The lowest BCUT2D eigenvalue weighted by atomic mass is 9.98. The van der Waals surface area contributed by atoms with Gasteiger partial charge >= 0.3 is 17.9 Å². The molecule has 234 valence electrons. The molecule has 1 saturated heterocycles. The minimum atomic E-state index is -1.24. The third-order valence-corrected chi connectivity index (χ3v) is 6.52. The van der Waals surface area contributed by atoms with Gasteiger partial charge in [0.25, 0.3) is 0 Å². The van der Waals surface area contributed by atoms with Gasteiger partial charge in [-0.3, -0.25) is 19.2 Å². The maximum absolute atomic E-state index is 12.9. The van der Waals surface area contributed by atoms with E-state index in [0.29, 0.717) is 12.3 Å². The van der Waals surface area contributed by atoms with Crippen molar-refractivity contribution in [3.05, 3.63) is 65.7 Å². The minimum absolute atomic E-state index is 0.0731. The second kappa shape index (κ2) is 17.2. The maximum atomic E-state index is 12.9. The van der Waals surface area contributed by atoms with Gasteiger partial charge in [0.15, 0.2) is 24.6 Å². The Bertz CT molecular complexity index is 1190. The van der Waals surface area contributed by atoms with Crippen molar-refractivity contribution in [3.63, 3.8) is 0 Å². The molecule has 0 aliphatic carbocycles. The minimum Gasteiger partial charge on any atom is -0.497 e. The molecule has 1 fully saturated rings. The van der Waals surface area contributed by atoms with Crippen molar-refractivity contribution >= 4 is 23.8 Å². The number of carbonyl (C=O) groups excluding carboxylic acids is 4. The van der Waals surface area contributed by atoms with Crippen LogP contribution in [0.25, 0.3) is 0 Å². The zero-order valence-corrected chi connectivity index (χ0v) is 24.8. The first-order chi connectivity index (χ1) is 20.7. The molecule has 0 saturated carbocycles. The molecule has 1 amide bonds. The molecule has 12 heteroatoms. The third kappa shape index (κ3) is 11.0. The number of carbonyl (C=O) groups is 4. The van der Waals surface area contributed by atoms with E-state index in [0.717, 1.165) is 11.1 Å². The predicted molar refractivity (Wildman–Crippen MR) is 151 cm³/mol. The van der Waals surface area contributed by atoms with Gasteiger partial charge in [-0.05, 0) is 29.7 Å². The summed E-state index contributed by atoms with van der Waals surface area (Å²) in [6.45, 7) is 2.88. The summed E-state index contributed by atoms with van der Waals surface area (Å²) in [6.07, 6.45) is -5.50. The molecule has 2 aromatic carbocycles. The van der Waals surface area contributed by atoms with Crippen LogP contribution in [-0.2, 0) is 60.8 Å². The van der Waals surface area contributed by atoms with Crippen molar-refractivity contribution in [2.75, 3.05) is 20.8 Å². The van der Waals surface area contributed by atoms with Gasteiger partial charge in [0.05, 0.1) is 20.3 Å². The van der Waals surface area contributed by atoms with Crippen molar-refractivity contribution in [2.24, 2.45) is 0 Å². The van der Waals surface area contributed by atoms with Crippen LogP contribution in [0.2, 0.25) is 0 Å². The van der Waals surface area contributed by atoms with Gasteiger partial charge in [-0.1, -0.05) is 42.5 Å². The Morgan fingerprint density at radius 2 is 1.47 bits per heavy atom. The van der Waals surface area contributed by atoms with E-state index in [2.05, 4.69) is 5.32 Å². The second-order valence-corrected chi connectivity index (χ2v) is 9.86. The molecular formula is C31H39NO11. The Balaban J connectivity index is 1.66. The Kier molecular flexibility index (Phi) is 13.4. The van der Waals surface area contributed by atoms with Crippen LogP contribution in [0.3, 0.4) is 0 Å². The highest BCUT2D eigenvalue weighted by molar-refractivity contribution is 5.77. The van der Waals surface area contributed by atoms with Crippen LogP contribution in [0, 0.1) is 0 Å². The Morgan fingerprint density at radius 3 is 2.09 bits per heavy atom. The summed E-state index contributed by atoms with van der Waals surface area (Å²) in [6, 6.07) is 16.7. The van der Waals surface area contributed by atoms with E-state index in [1.165, 1.54) is 21.0 Å². The molecule has 3 rings (SSSR count). The van der Waals surface area contributed by atoms with Gasteiger partial charge in [-0.25, -0.2) is 0 Å². The van der Waals surface area contributed by atoms with Crippen molar-refractivity contribution in [1.82, 2.24) is 5.32 Å². The molecule has 0 unspecified atom stereocenters. The Hall–Kier alpha value is -4.00. The SMILES string of the molecule is COc1ccc(COC[C@H]2O[C@H](OC)[C@H](OC(C)=O)[C@@H](OC(C)=O)[C@@H]2OC(=O)CCCC(=O)NCc2ccccc2)cc1. The van der Waals surface area contributed by atoms with Gasteiger partial charge < -0.3 is 38.5 Å². The molecule has 0 bridgehead atoms. The molecule has 0 aromatic heterocycles. The summed E-state index contributed by atoms with van der Waals surface area (Å²) in [4.78, 5) is 49.2. The van der Waals surface area contributed by atoms with Gasteiger partial charge in [-0.2, -0.15) is 0 Å². The predicted octanol–water partition coefficient (Wildman–Crippen LogP) is 2.85. The van der Waals surface area contributed by atoms with Crippen LogP contribution in [0.4, 0.5) is 0 Å². The zero-order valence-electron chi connectivity index (χ0n) is 24.8. The highest BCUT2D eigenvalue weighted by atomic mass is 16.7. The summed E-state index contributed by atoms with van der Waals surface area (Å²) in [5.74, 6) is -1.53. The molecular weight excluding hydrogens is 562 g/mol. The third-order valence-electron chi connectivity index (χ3n) is 6.52. The molecule has 0 radical (unpaired) electrons. The molecule has 5 atom stereocenters. The zero-order chi connectivity index (χ0) is 31.2. The summed E-state index contributed by atoms with van der Waals surface area (Å²) < 4.78 is 39.0. The highest BCUT2D eigenvalue weighted by Crippen LogP contribution is 2.30. The maximum Gasteiger partial charge on any atom is 0.306 e. The van der Waals surface area contributed by atoms with Crippen LogP contribution >= 0.6 is 0 Å². The first-order valence-corrected chi connectivity index (χ1v) is 13.9. The van der Waals surface area contributed by atoms with Gasteiger partial charge in [0.1, 0.15) is 11.9 Å². The number of hydrogen-bond donors (Lipinski definition) is 1. The number of rotatable bonds is 15.